The van der Waals surface area contributed by atoms with Crippen molar-refractivity contribution in [1.82, 2.24) is 24.6 Å². The summed E-state index contributed by atoms with van der Waals surface area (Å²) < 4.78 is 59.7. The van der Waals surface area contributed by atoms with Crippen LogP contribution in [0.5, 0.6) is 11.5 Å². The molecule has 0 atom stereocenters. The third-order valence-electron chi connectivity index (χ3n) is 5.51. The highest BCUT2D eigenvalue weighted by molar-refractivity contribution is 5.97. The SMILES string of the molecule is [2H]C([2H])([2H])C1(C([2H])([2H])[2H])COC(Nc2ccc3ncnc(Nc4ccc(Oc5ccn6ncnc6c5)c(C)c4)c3c2)=N1. The molecule has 3 aromatic heterocycles. The molecule has 5 aromatic rings. The molecule has 1 aliphatic heterocycles. The zero-order valence-electron chi connectivity index (χ0n) is 25.1. The fourth-order valence-corrected chi connectivity index (χ4v) is 3.80. The van der Waals surface area contributed by atoms with E-state index >= 15 is 0 Å². The molecule has 0 radical (unpaired) electrons. The van der Waals surface area contributed by atoms with Crippen LogP contribution >= 0.6 is 0 Å². The van der Waals surface area contributed by atoms with Crippen LogP contribution in [0.25, 0.3) is 16.6 Å². The van der Waals surface area contributed by atoms with Crippen LogP contribution in [0.2, 0.25) is 0 Å². The summed E-state index contributed by atoms with van der Waals surface area (Å²) in [6.07, 6.45) is 4.69. The lowest BCUT2D eigenvalue weighted by atomic mass is 10.1. The molecule has 0 bridgehead atoms. The molecule has 2 aromatic carbocycles. The van der Waals surface area contributed by atoms with Gasteiger partial charge in [0.15, 0.2) is 5.65 Å². The van der Waals surface area contributed by atoms with Gasteiger partial charge in [0.1, 0.15) is 36.6 Å². The molecular weight excluding hydrogens is 456 g/mol. The van der Waals surface area contributed by atoms with E-state index in [4.69, 9.17) is 17.7 Å². The lowest BCUT2D eigenvalue weighted by Gasteiger charge is -2.13. The minimum absolute atomic E-state index is 0.192. The van der Waals surface area contributed by atoms with E-state index in [9.17, 15) is 0 Å². The summed E-state index contributed by atoms with van der Waals surface area (Å²) in [5.74, 6) is 1.82. The van der Waals surface area contributed by atoms with Gasteiger partial charge in [-0.15, -0.1) is 0 Å². The number of amidine groups is 1. The van der Waals surface area contributed by atoms with Crippen LogP contribution in [-0.4, -0.2) is 42.7 Å². The molecule has 0 saturated heterocycles. The van der Waals surface area contributed by atoms with Gasteiger partial charge in [0.05, 0.1) is 11.1 Å². The zero-order chi connectivity index (χ0) is 29.7. The van der Waals surface area contributed by atoms with Gasteiger partial charge < -0.3 is 20.1 Å². The largest absolute Gasteiger partial charge is 0.462 e. The predicted octanol–water partition coefficient (Wildman–Crippen LogP) is 5.09. The van der Waals surface area contributed by atoms with Crippen LogP contribution in [-0.2, 0) is 4.74 Å². The van der Waals surface area contributed by atoms with Crippen molar-refractivity contribution in [2.45, 2.75) is 26.2 Å². The molecule has 2 N–H and O–H groups in total. The zero-order valence-corrected chi connectivity index (χ0v) is 19.1. The first-order valence-corrected chi connectivity index (χ1v) is 11.0. The third kappa shape index (κ3) is 4.36. The number of fused-ring (bicyclic) bond motifs is 2. The number of hydrogen-bond acceptors (Lipinski definition) is 9. The number of benzene rings is 2. The molecule has 0 fully saturated rings. The van der Waals surface area contributed by atoms with Crippen LogP contribution < -0.4 is 15.4 Å². The molecule has 0 unspecified atom stereocenters. The normalized spacial score (nSPS) is 17.6. The summed E-state index contributed by atoms with van der Waals surface area (Å²) in [5, 5.41) is 10.9. The minimum Gasteiger partial charge on any atom is -0.462 e. The average molecular weight is 487 g/mol. The fraction of sp³-hybridized carbons (Fsp3) is 0.192. The molecule has 0 aliphatic carbocycles. The first kappa shape index (κ1) is 16.0. The van der Waals surface area contributed by atoms with E-state index in [1.165, 1.54) is 12.7 Å². The summed E-state index contributed by atoms with van der Waals surface area (Å²) in [7, 11) is 0. The Morgan fingerprint density at radius 1 is 1.00 bits per heavy atom. The second-order valence-corrected chi connectivity index (χ2v) is 8.28. The summed E-state index contributed by atoms with van der Waals surface area (Å²) in [6.45, 7) is -4.45. The van der Waals surface area contributed by atoms with Gasteiger partial charge in [-0.2, -0.15) is 5.10 Å². The number of aryl methyl sites for hydroxylation is 1. The maximum absolute atomic E-state index is 7.77. The second-order valence-electron chi connectivity index (χ2n) is 8.28. The Kier molecular flexibility index (Phi) is 3.78. The maximum atomic E-state index is 7.77. The van der Waals surface area contributed by atoms with Crippen molar-refractivity contribution < 1.29 is 17.7 Å². The quantitative estimate of drug-likeness (QED) is 0.353. The summed E-state index contributed by atoms with van der Waals surface area (Å²) in [4.78, 5) is 16.9. The Morgan fingerprint density at radius 2 is 1.89 bits per heavy atom. The lowest BCUT2D eigenvalue weighted by molar-refractivity contribution is 0.278. The molecule has 180 valence electrons. The van der Waals surface area contributed by atoms with Crippen molar-refractivity contribution in [2.24, 2.45) is 4.99 Å². The Balaban J connectivity index is 1.23. The number of nitrogens with one attached hydrogen (secondary N) is 2. The van der Waals surface area contributed by atoms with E-state index in [0.29, 0.717) is 39.6 Å². The molecule has 10 heteroatoms. The molecule has 1 aliphatic rings. The molecule has 0 saturated carbocycles. The van der Waals surface area contributed by atoms with Crippen molar-refractivity contribution in [2.75, 3.05) is 17.2 Å². The summed E-state index contributed by atoms with van der Waals surface area (Å²) >= 11 is 0. The van der Waals surface area contributed by atoms with E-state index < -0.39 is 25.8 Å². The number of aromatic nitrogens is 5. The van der Waals surface area contributed by atoms with E-state index in [1.807, 2.05) is 25.1 Å². The molecular formula is C26H24N8O2. The van der Waals surface area contributed by atoms with Crippen molar-refractivity contribution >= 4 is 39.8 Å². The van der Waals surface area contributed by atoms with Crippen molar-refractivity contribution in [1.29, 1.82) is 0 Å². The Labute approximate surface area is 215 Å². The first-order valence-electron chi connectivity index (χ1n) is 14.0. The summed E-state index contributed by atoms with van der Waals surface area (Å²) in [6, 6.07) is 14.2. The van der Waals surface area contributed by atoms with E-state index in [2.05, 4.69) is 35.7 Å². The van der Waals surface area contributed by atoms with Crippen LogP contribution in [0.4, 0.5) is 17.2 Å². The van der Waals surface area contributed by atoms with Crippen molar-refractivity contribution in [3.8, 4) is 11.5 Å². The molecule has 0 amide bonds. The van der Waals surface area contributed by atoms with Gasteiger partial charge in [-0.3, -0.25) is 0 Å². The molecule has 4 heterocycles. The second kappa shape index (κ2) is 8.49. The maximum Gasteiger partial charge on any atom is 0.289 e. The Hall–Kier alpha value is -4.73. The van der Waals surface area contributed by atoms with Gasteiger partial charge >= 0.3 is 0 Å². The molecule has 6 rings (SSSR count). The van der Waals surface area contributed by atoms with Crippen LogP contribution in [0.3, 0.4) is 0 Å². The molecule has 10 nitrogen and oxygen atoms in total. The topological polar surface area (TPSA) is 111 Å². The number of pyridine rings is 1. The van der Waals surface area contributed by atoms with E-state index in [-0.39, 0.29) is 6.02 Å². The number of anilines is 3. The minimum atomic E-state index is -2.89. The monoisotopic (exact) mass is 486 g/mol. The van der Waals surface area contributed by atoms with Gasteiger partial charge in [0.2, 0.25) is 0 Å². The van der Waals surface area contributed by atoms with Crippen LogP contribution in [0, 0.1) is 6.92 Å². The lowest BCUT2D eigenvalue weighted by Crippen LogP contribution is -2.17. The highest BCUT2D eigenvalue weighted by Gasteiger charge is 2.26. The number of aliphatic imine (C=N–C) groups is 1. The molecule has 36 heavy (non-hydrogen) atoms. The van der Waals surface area contributed by atoms with Gasteiger partial charge in [-0.05, 0) is 68.7 Å². The average Bonchev–Trinajstić information content (AvgIpc) is 3.58. The third-order valence-corrected chi connectivity index (χ3v) is 5.51. The molecule has 0 spiro atoms. The van der Waals surface area contributed by atoms with Crippen LogP contribution in [0.1, 0.15) is 27.5 Å². The highest BCUT2D eigenvalue weighted by atomic mass is 16.5. The Bertz CT molecular complexity index is 1820. The van der Waals surface area contributed by atoms with Crippen LogP contribution in [0.15, 0.2) is 72.4 Å². The standard InChI is InChI=1S/C26H24N8O2/c1-16-10-17(5-7-22(16)36-19-8-9-34-23(12-19)28-15-30-34)31-24-20-11-18(4-6-21(20)27-14-29-24)32-25-33-26(2,3)13-35-25/h4-12,14-15H,13H2,1-3H3,(H,32,33)(H,27,29,31)/i2D3,3D3. The fourth-order valence-electron chi connectivity index (χ4n) is 3.80. The van der Waals surface area contributed by atoms with Gasteiger partial charge in [-0.25, -0.2) is 24.5 Å². The highest BCUT2D eigenvalue weighted by Crippen LogP contribution is 2.31. The van der Waals surface area contributed by atoms with Gasteiger partial charge in [-0.1, -0.05) is 0 Å². The van der Waals surface area contributed by atoms with Gasteiger partial charge in [0.25, 0.3) is 6.02 Å². The number of nitrogens with zero attached hydrogens (tertiary/aromatic N) is 6. The van der Waals surface area contributed by atoms with Crippen molar-refractivity contribution in [3.63, 3.8) is 0 Å². The number of hydrogen-bond donors (Lipinski definition) is 2. The smallest absolute Gasteiger partial charge is 0.289 e. The summed E-state index contributed by atoms with van der Waals surface area (Å²) in [5.41, 5.74) is 1.09. The number of rotatable bonds is 5. The predicted molar refractivity (Wildman–Crippen MR) is 138 cm³/mol. The first-order chi connectivity index (χ1) is 19.9. The van der Waals surface area contributed by atoms with Gasteiger partial charge in [0, 0.05) is 37.2 Å². The van der Waals surface area contributed by atoms with Crippen molar-refractivity contribution in [3.05, 3.63) is 72.9 Å². The van der Waals surface area contributed by atoms with E-state index in [0.717, 1.165) is 11.3 Å². The Morgan fingerprint density at radius 3 is 2.75 bits per heavy atom. The van der Waals surface area contributed by atoms with E-state index in [1.54, 1.807) is 41.0 Å². The number of ether oxygens (including phenoxy) is 2.